The largest absolute Gasteiger partial charge is 0.493 e. The quantitative estimate of drug-likeness (QED) is 0.591. The molecule has 0 bridgehead atoms. The number of ketones is 1. The molecule has 6 radical (unpaired) electrons. The molecule has 0 N–H and O–H groups in total. The highest BCUT2D eigenvalue weighted by atomic mass is 19.1. The molecule has 1 fully saturated rings. The van der Waals surface area contributed by atoms with E-state index in [2.05, 4.69) is 0 Å². The van der Waals surface area contributed by atoms with Crippen LogP contribution in [0.5, 0.6) is 5.75 Å². The van der Waals surface area contributed by atoms with Gasteiger partial charge in [0.1, 0.15) is 5.75 Å². The van der Waals surface area contributed by atoms with E-state index in [1.54, 1.807) is 6.07 Å². The van der Waals surface area contributed by atoms with Gasteiger partial charge in [-0.1, -0.05) is 6.07 Å². The second-order valence-corrected chi connectivity index (χ2v) is 7.17. The molecule has 0 unspecified atom stereocenters. The molecular formula is C18H20B3FO3. The Morgan fingerprint density at radius 1 is 1.24 bits per heavy atom. The number of hydrogen-bond acceptors (Lipinski definition) is 3. The monoisotopic (exact) mass is 336 g/mol. The van der Waals surface area contributed by atoms with Crippen LogP contribution in [0.1, 0.15) is 48.0 Å². The first-order chi connectivity index (χ1) is 11.8. The maximum Gasteiger partial charge on any atom is 0.169 e. The third-order valence-electron chi connectivity index (χ3n) is 5.14. The Hall–Kier alpha value is -1.23. The lowest BCUT2D eigenvalue weighted by atomic mass is 9.52. The average Bonchev–Trinajstić information content (AvgIpc) is 2.81. The van der Waals surface area contributed by atoms with Crippen molar-refractivity contribution in [3.63, 3.8) is 0 Å². The van der Waals surface area contributed by atoms with Crippen molar-refractivity contribution in [2.45, 2.75) is 49.9 Å². The Morgan fingerprint density at radius 3 is 2.60 bits per heavy atom. The summed E-state index contributed by atoms with van der Waals surface area (Å²) in [6, 6.07) is 5.58. The highest BCUT2D eigenvalue weighted by Gasteiger charge is 2.47. The van der Waals surface area contributed by atoms with Crippen LogP contribution in [-0.4, -0.2) is 54.0 Å². The number of ether oxygens (including phenoxy) is 2. The van der Waals surface area contributed by atoms with Gasteiger partial charge in [-0.15, -0.1) is 0 Å². The van der Waals surface area contributed by atoms with E-state index >= 15 is 0 Å². The van der Waals surface area contributed by atoms with E-state index in [4.69, 9.17) is 33.0 Å². The van der Waals surface area contributed by atoms with Crippen molar-refractivity contribution < 1.29 is 18.7 Å². The topological polar surface area (TPSA) is 35.5 Å². The molecule has 1 spiro atoms. The van der Waals surface area contributed by atoms with Gasteiger partial charge >= 0.3 is 0 Å². The van der Waals surface area contributed by atoms with E-state index in [0.29, 0.717) is 31.6 Å². The molecule has 0 aliphatic heterocycles. The second-order valence-electron chi connectivity index (χ2n) is 7.17. The summed E-state index contributed by atoms with van der Waals surface area (Å²) < 4.78 is 23.1. The van der Waals surface area contributed by atoms with Gasteiger partial charge in [0.25, 0.3) is 0 Å². The fourth-order valence-corrected chi connectivity index (χ4v) is 3.94. The zero-order chi connectivity index (χ0) is 18.1. The van der Waals surface area contributed by atoms with Crippen LogP contribution in [0.4, 0.5) is 4.39 Å². The first-order valence-corrected chi connectivity index (χ1v) is 8.74. The molecule has 0 saturated heterocycles. The lowest BCUT2D eigenvalue weighted by molar-refractivity contribution is -0.00326. The Kier molecular flexibility index (Phi) is 5.33. The van der Waals surface area contributed by atoms with Gasteiger partial charge in [0.15, 0.2) is 5.78 Å². The van der Waals surface area contributed by atoms with Crippen LogP contribution in [-0.2, 0) is 11.2 Å². The maximum atomic E-state index is 13.0. The number of fused-ring (bicyclic) bond motifs is 1. The molecule has 1 aromatic rings. The highest BCUT2D eigenvalue weighted by molar-refractivity contribution is 6.58. The van der Waals surface area contributed by atoms with Crippen LogP contribution in [0.3, 0.4) is 0 Å². The third kappa shape index (κ3) is 4.13. The van der Waals surface area contributed by atoms with Gasteiger partial charge in [0.2, 0.25) is 0 Å². The molecule has 126 valence electrons. The van der Waals surface area contributed by atoms with Crippen molar-refractivity contribution in [3.05, 3.63) is 29.3 Å². The molecule has 0 amide bonds. The number of carbonyl (C=O) groups excluding carboxylic acids is 1. The summed E-state index contributed by atoms with van der Waals surface area (Å²) in [5.74, 6) is 0.783. The van der Waals surface area contributed by atoms with Crippen LogP contribution in [0, 0.1) is 5.41 Å². The summed E-state index contributed by atoms with van der Waals surface area (Å²) in [6.45, 7) is -0.0986. The summed E-state index contributed by atoms with van der Waals surface area (Å²) in [4.78, 5) is 13.0. The molecule has 1 saturated carbocycles. The minimum Gasteiger partial charge on any atom is -0.493 e. The average molecular weight is 336 g/mol. The number of carbonyl (C=O) groups is 1. The summed E-state index contributed by atoms with van der Waals surface area (Å²) in [7, 11) is 16.5. The minimum absolute atomic E-state index is 0.123. The molecule has 7 heteroatoms. The van der Waals surface area contributed by atoms with Gasteiger partial charge in [-0.2, -0.15) is 0 Å². The maximum absolute atomic E-state index is 13.0. The molecule has 2 aliphatic carbocycles. The predicted molar refractivity (Wildman–Crippen MR) is 96.3 cm³/mol. The molecule has 0 atom stereocenters. The van der Waals surface area contributed by atoms with Crippen LogP contribution >= 0.6 is 0 Å². The lowest BCUT2D eigenvalue weighted by Gasteiger charge is -2.39. The number of halogens is 1. The van der Waals surface area contributed by atoms with E-state index in [1.807, 2.05) is 12.1 Å². The van der Waals surface area contributed by atoms with Crippen molar-refractivity contribution >= 4 is 29.3 Å². The zero-order valence-electron chi connectivity index (χ0n) is 14.3. The van der Waals surface area contributed by atoms with E-state index in [-0.39, 0.29) is 17.3 Å². The van der Waals surface area contributed by atoms with Crippen molar-refractivity contribution in [2.75, 3.05) is 13.3 Å². The van der Waals surface area contributed by atoms with Crippen molar-refractivity contribution in [2.24, 2.45) is 5.41 Å². The van der Waals surface area contributed by atoms with Crippen LogP contribution in [0.25, 0.3) is 0 Å². The standard InChI is InChI=1S/C18H20B3FO3/c19-18(20,21)25-13-4-6-17(7-5-13)11-12-2-3-14(24-9-1-8-22)10-15(12)16(17)23/h2-3,10,13H,1,4-9,11H2. The van der Waals surface area contributed by atoms with Crippen molar-refractivity contribution in [3.8, 4) is 5.75 Å². The molecule has 0 aromatic heterocycles. The van der Waals surface area contributed by atoms with Gasteiger partial charge in [-0.3, -0.25) is 9.18 Å². The van der Waals surface area contributed by atoms with Gasteiger partial charge < -0.3 is 9.47 Å². The van der Waals surface area contributed by atoms with Crippen LogP contribution in [0.15, 0.2) is 18.2 Å². The van der Waals surface area contributed by atoms with Gasteiger partial charge in [-0.05, 0) is 55.1 Å². The fourth-order valence-electron chi connectivity index (χ4n) is 3.94. The third-order valence-corrected chi connectivity index (χ3v) is 5.14. The molecule has 1 aromatic carbocycles. The summed E-state index contributed by atoms with van der Waals surface area (Å²) in [6.07, 6.45) is 3.80. The van der Waals surface area contributed by atoms with Crippen molar-refractivity contribution in [1.29, 1.82) is 0 Å². The molecule has 3 nitrogen and oxygen atoms in total. The fraction of sp³-hybridized carbons (Fsp3) is 0.611. The Bertz CT molecular complexity index is 637. The van der Waals surface area contributed by atoms with Crippen molar-refractivity contribution in [1.82, 2.24) is 0 Å². The summed E-state index contributed by atoms with van der Waals surface area (Å²) >= 11 is 0. The number of benzene rings is 1. The number of rotatable bonds is 6. The molecule has 0 heterocycles. The normalized spacial score (nSPS) is 26.0. The summed E-state index contributed by atoms with van der Waals surface area (Å²) in [5.41, 5.74) is 1.40. The van der Waals surface area contributed by atoms with Gasteiger partial charge in [-0.25, -0.2) is 0 Å². The van der Waals surface area contributed by atoms with E-state index in [0.717, 1.165) is 30.4 Å². The van der Waals surface area contributed by atoms with Gasteiger partial charge in [0.05, 0.1) is 42.9 Å². The highest BCUT2D eigenvalue weighted by Crippen LogP contribution is 2.48. The van der Waals surface area contributed by atoms with E-state index in [9.17, 15) is 9.18 Å². The van der Waals surface area contributed by atoms with Gasteiger partial charge in [0, 0.05) is 17.4 Å². The number of alkyl halides is 1. The zero-order valence-corrected chi connectivity index (χ0v) is 14.3. The first-order valence-electron chi connectivity index (χ1n) is 8.74. The Labute approximate surface area is 152 Å². The molecule has 25 heavy (non-hydrogen) atoms. The molecular weight excluding hydrogens is 316 g/mol. The van der Waals surface area contributed by atoms with E-state index < -0.39 is 12.0 Å². The van der Waals surface area contributed by atoms with Crippen LogP contribution < -0.4 is 4.74 Å². The SMILES string of the molecule is [B]C([B])([B])OC1CCC2(CC1)Cc1ccc(OCCCF)cc1C2=O. The first kappa shape index (κ1) is 18.6. The lowest BCUT2D eigenvalue weighted by Crippen LogP contribution is -2.42. The predicted octanol–water partition coefficient (Wildman–Crippen LogP) is 2.23. The number of Topliss-reactive ketones (excluding diaryl/α,β-unsaturated/α-hetero) is 1. The molecule has 2 aliphatic rings. The Morgan fingerprint density at radius 2 is 1.96 bits per heavy atom. The van der Waals surface area contributed by atoms with Crippen LogP contribution in [0.2, 0.25) is 0 Å². The smallest absolute Gasteiger partial charge is 0.169 e. The Balaban J connectivity index is 1.67. The second kappa shape index (κ2) is 7.18. The van der Waals surface area contributed by atoms with E-state index in [1.165, 1.54) is 0 Å². The summed E-state index contributed by atoms with van der Waals surface area (Å²) in [5, 5.41) is -1.64. The minimum atomic E-state index is -1.64. The number of hydrogen-bond donors (Lipinski definition) is 0. The molecule has 3 rings (SSSR count).